The number of rotatable bonds is 2. The molecule has 0 atom stereocenters. The molecule has 1 amide bonds. The number of halogens is 1. The van der Waals surface area contributed by atoms with Crippen LogP contribution in [0.2, 0.25) is 5.15 Å². The largest absolute Gasteiger partial charge is 0.337 e. The first-order valence-electron chi connectivity index (χ1n) is 5.45. The molecule has 1 aliphatic carbocycles. The maximum Gasteiger partial charge on any atom is 0.274 e. The molecule has 86 valence electrons. The van der Waals surface area contributed by atoms with Crippen LogP contribution in [0.15, 0.2) is 12.1 Å². The molecule has 0 spiro atoms. The summed E-state index contributed by atoms with van der Waals surface area (Å²) in [4.78, 5) is 13.8. The van der Waals surface area contributed by atoms with Gasteiger partial charge in [-0.2, -0.15) is 0 Å². The van der Waals surface area contributed by atoms with Crippen LogP contribution < -0.4 is 0 Å². The lowest BCUT2D eigenvalue weighted by atomic mass is 10.2. The summed E-state index contributed by atoms with van der Waals surface area (Å²) in [6, 6.07) is 3.55. The second kappa shape index (κ2) is 4.78. The number of hydrogen-bond acceptors (Lipinski definition) is 3. The molecule has 1 heterocycles. The van der Waals surface area contributed by atoms with Crippen molar-refractivity contribution in [2.75, 3.05) is 7.05 Å². The summed E-state index contributed by atoms with van der Waals surface area (Å²) in [6.45, 7) is 0. The fourth-order valence-corrected chi connectivity index (χ4v) is 2.17. The van der Waals surface area contributed by atoms with Crippen LogP contribution in [0.5, 0.6) is 0 Å². The van der Waals surface area contributed by atoms with Gasteiger partial charge in [-0.1, -0.05) is 24.4 Å². The number of carbonyl (C=O) groups excluding carboxylic acids is 1. The Morgan fingerprint density at radius 2 is 2.06 bits per heavy atom. The standard InChI is InChI=1S/C11H14ClN3O/c1-15(8-4-2-3-5-8)11(16)9-6-7-10(12)14-13-9/h6-8H,2-5H2,1H3. The zero-order chi connectivity index (χ0) is 11.5. The van der Waals surface area contributed by atoms with Crippen LogP contribution in [-0.2, 0) is 0 Å². The van der Waals surface area contributed by atoms with Gasteiger partial charge in [-0.05, 0) is 25.0 Å². The lowest BCUT2D eigenvalue weighted by Gasteiger charge is -2.23. The van der Waals surface area contributed by atoms with Gasteiger partial charge in [-0.3, -0.25) is 4.79 Å². The van der Waals surface area contributed by atoms with Gasteiger partial charge in [-0.15, -0.1) is 10.2 Å². The minimum absolute atomic E-state index is 0.0731. The van der Waals surface area contributed by atoms with Crippen molar-refractivity contribution in [2.45, 2.75) is 31.7 Å². The summed E-state index contributed by atoms with van der Waals surface area (Å²) in [7, 11) is 1.83. The molecule has 5 heteroatoms. The smallest absolute Gasteiger partial charge is 0.274 e. The highest BCUT2D eigenvalue weighted by Crippen LogP contribution is 2.23. The number of aromatic nitrogens is 2. The molecular weight excluding hydrogens is 226 g/mol. The fraction of sp³-hybridized carbons (Fsp3) is 0.545. The van der Waals surface area contributed by atoms with Gasteiger partial charge in [0.1, 0.15) is 0 Å². The van der Waals surface area contributed by atoms with E-state index in [1.807, 2.05) is 7.05 Å². The molecule has 0 radical (unpaired) electrons. The topological polar surface area (TPSA) is 46.1 Å². The molecule has 4 nitrogen and oxygen atoms in total. The van der Waals surface area contributed by atoms with Crippen LogP contribution in [-0.4, -0.2) is 34.1 Å². The Hall–Kier alpha value is -1.16. The summed E-state index contributed by atoms with van der Waals surface area (Å²) in [6.07, 6.45) is 4.58. The Morgan fingerprint density at radius 1 is 1.38 bits per heavy atom. The highest BCUT2D eigenvalue weighted by atomic mass is 35.5. The normalized spacial score (nSPS) is 16.4. The van der Waals surface area contributed by atoms with Crippen molar-refractivity contribution < 1.29 is 4.79 Å². The summed E-state index contributed by atoms with van der Waals surface area (Å²) in [5, 5.41) is 7.78. The Morgan fingerprint density at radius 3 is 2.62 bits per heavy atom. The number of carbonyl (C=O) groups is 1. The van der Waals surface area contributed by atoms with Crippen LogP contribution >= 0.6 is 11.6 Å². The molecule has 0 saturated heterocycles. The third-order valence-corrected chi connectivity index (χ3v) is 3.25. The second-order valence-electron chi connectivity index (χ2n) is 4.10. The molecule has 16 heavy (non-hydrogen) atoms. The van der Waals surface area contributed by atoms with E-state index in [1.54, 1.807) is 17.0 Å². The van der Waals surface area contributed by atoms with Crippen molar-refractivity contribution in [3.8, 4) is 0 Å². The minimum atomic E-state index is -0.0731. The van der Waals surface area contributed by atoms with Crippen molar-refractivity contribution in [3.63, 3.8) is 0 Å². The van der Waals surface area contributed by atoms with E-state index < -0.39 is 0 Å². The van der Waals surface area contributed by atoms with Crippen molar-refractivity contribution in [1.29, 1.82) is 0 Å². The van der Waals surface area contributed by atoms with Crippen molar-refractivity contribution in [2.24, 2.45) is 0 Å². The molecule has 1 aromatic heterocycles. The van der Waals surface area contributed by atoms with E-state index in [0.29, 0.717) is 16.9 Å². The third-order valence-electron chi connectivity index (χ3n) is 3.04. The average Bonchev–Trinajstić information content (AvgIpc) is 2.81. The first-order valence-corrected chi connectivity index (χ1v) is 5.82. The highest BCUT2D eigenvalue weighted by Gasteiger charge is 2.24. The molecule has 0 N–H and O–H groups in total. The Balaban J connectivity index is 2.08. The first-order chi connectivity index (χ1) is 7.68. The SMILES string of the molecule is CN(C(=O)c1ccc(Cl)nn1)C1CCCC1. The van der Waals surface area contributed by atoms with Gasteiger partial charge < -0.3 is 4.90 Å². The Labute approximate surface area is 99.6 Å². The van der Waals surface area contributed by atoms with Crippen molar-refractivity contribution in [3.05, 3.63) is 23.0 Å². The molecule has 2 rings (SSSR count). The van der Waals surface area contributed by atoms with Gasteiger partial charge >= 0.3 is 0 Å². The second-order valence-corrected chi connectivity index (χ2v) is 4.48. The van der Waals surface area contributed by atoms with Crippen LogP contribution in [0.3, 0.4) is 0 Å². The first kappa shape index (κ1) is 11.3. The van der Waals surface area contributed by atoms with E-state index in [9.17, 15) is 4.79 Å². The summed E-state index contributed by atoms with van der Waals surface area (Å²) in [5.41, 5.74) is 0.360. The lowest BCUT2D eigenvalue weighted by Crippen LogP contribution is -2.35. The number of amides is 1. The van der Waals surface area contributed by atoms with E-state index in [-0.39, 0.29) is 5.91 Å². The molecule has 1 aromatic rings. The summed E-state index contributed by atoms with van der Waals surface area (Å²) in [5.74, 6) is -0.0731. The molecule has 0 aliphatic heterocycles. The van der Waals surface area contributed by atoms with Crippen LogP contribution in [0.25, 0.3) is 0 Å². The van der Waals surface area contributed by atoms with Gasteiger partial charge in [0.15, 0.2) is 10.8 Å². The van der Waals surface area contributed by atoms with Gasteiger partial charge in [0.25, 0.3) is 5.91 Å². The number of hydrogen-bond donors (Lipinski definition) is 0. The fourth-order valence-electron chi connectivity index (χ4n) is 2.07. The predicted octanol–water partition coefficient (Wildman–Crippen LogP) is 2.14. The van der Waals surface area contributed by atoms with Crippen molar-refractivity contribution >= 4 is 17.5 Å². The zero-order valence-electron chi connectivity index (χ0n) is 9.19. The molecule has 0 unspecified atom stereocenters. The minimum Gasteiger partial charge on any atom is -0.337 e. The molecular formula is C11H14ClN3O. The van der Waals surface area contributed by atoms with E-state index in [0.717, 1.165) is 12.8 Å². The average molecular weight is 240 g/mol. The van der Waals surface area contributed by atoms with Gasteiger partial charge in [0, 0.05) is 13.1 Å². The van der Waals surface area contributed by atoms with Crippen LogP contribution in [0.1, 0.15) is 36.2 Å². The van der Waals surface area contributed by atoms with Crippen LogP contribution in [0.4, 0.5) is 0 Å². The van der Waals surface area contributed by atoms with E-state index in [4.69, 9.17) is 11.6 Å². The van der Waals surface area contributed by atoms with Crippen LogP contribution in [0, 0.1) is 0 Å². The Kier molecular flexibility index (Phi) is 3.39. The van der Waals surface area contributed by atoms with Gasteiger partial charge in [-0.25, -0.2) is 0 Å². The maximum absolute atomic E-state index is 12.0. The van der Waals surface area contributed by atoms with Gasteiger partial charge in [0.05, 0.1) is 0 Å². The van der Waals surface area contributed by atoms with Gasteiger partial charge in [0.2, 0.25) is 0 Å². The monoisotopic (exact) mass is 239 g/mol. The highest BCUT2D eigenvalue weighted by molar-refractivity contribution is 6.29. The molecule has 1 fully saturated rings. The van der Waals surface area contributed by atoms with Crippen molar-refractivity contribution in [1.82, 2.24) is 15.1 Å². The predicted molar refractivity (Wildman–Crippen MR) is 61.4 cm³/mol. The maximum atomic E-state index is 12.0. The third kappa shape index (κ3) is 2.32. The molecule has 1 aliphatic rings. The van der Waals surface area contributed by atoms with E-state index >= 15 is 0 Å². The molecule has 0 bridgehead atoms. The lowest BCUT2D eigenvalue weighted by molar-refractivity contribution is 0.0728. The molecule has 1 saturated carbocycles. The summed E-state index contributed by atoms with van der Waals surface area (Å²) < 4.78 is 0. The summed E-state index contributed by atoms with van der Waals surface area (Å²) >= 11 is 5.62. The molecule has 0 aromatic carbocycles. The Bertz CT molecular complexity index is 373. The van der Waals surface area contributed by atoms with E-state index in [1.165, 1.54) is 12.8 Å². The van der Waals surface area contributed by atoms with E-state index in [2.05, 4.69) is 10.2 Å². The zero-order valence-corrected chi connectivity index (χ0v) is 9.94. The quantitative estimate of drug-likeness (QED) is 0.795. The number of nitrogens with zero attached hydrogens (tertiary/aromatic N) is 3.